The Morgan fingerprint density at radius 3 is 2.64 bits per heavy atom. The summed E-state index contributed by atoms with van der Waals surface area (Å²) in [4.78, 5) is 0. The van der Waals surface area contributed by atoms with Crippen molar-refractivity contribution in [2.45, 2.75) is 26.1 Å². The summed E-state index contributed by atoms with van der Waals surface area (Å²) in [7, 11) is 0. The average Bonchev–Trinajstić information content (AvgIpc) is 2.51. The fourth-order valence-electron chi connectivity index (χ4n) is 1.03. The standard InChI is InChI=1S/C8H11F3N2O/c1-3-14-5(2)6-4-7(13-12-6)8(9,10)11/h4-5H,3H2,1-2H3,(H,12,13)/t5-/m0/s1. The lowest BCUT2D eigenvalue weighted by molar-refractivity contribution is -0.141. The third-order valence-electron chi connectivity index (χ3n) is 1.74. The van der Waals surface area contributed by atoms with E-state index < -0.39 is 18.0 Å². The van der Waals surface area contributed by atoms with E-state index in [4.69, 9.17) is 4.74 Å². The van der Waals surface area contributed by atoms with Gasteiger partial charge >= 0.3 is 6.18 Å². The minimum atomic E-state index is -4.40. The molecule has 0 aliphatic heterocycles. The predicted octanol–water partition coefficient (Wildman–Crippen LogP) is 2.53. The lowest BCUT2D eigenvalue weighted by Gasteiger charge is -2.07. The van der Waals surface area contributed by atoms with Gasteiger partial charge in [0.05, 0.1) is 11.8 Å². The van der Waals surface area contributed by atoms with Crippen molar-refractivity contribution in [2.75, 3.05) is 6.61 Å². The minimum absolute atomic E-state index is 0.333. The normalized spacial score (nSPS) is 14.4. The molecule has 0 fully saturated rings. The highest BCUT2D eigenvalue weighted by molar-refractivity contribution is 5.13. The lowest BCUT2D eigenvalue weighted by Crippen LogP contribution is -2.04. The second-order valence-electron chi connectivity index (χ2n) is 2.80. The molecule has 14 heavy (non-hydrogen) atoms. The second kappa shape index (κ2) is 4.00. The van der Waals surface area contributed by atoms with Gasteiger partial charge in [0.2, 0.25) is 0 Å². The molecule has 1 rings (SSSR count). The van der Waals surface area contributed by atoms with E-state index in [1.54, 1.807) is 13.8 Å². The van der Waals surface area contributed by atoms with Crippen LogP contribution in [0.4, 0.5) is 13.2 Å². The topological polar surface area (TPSA) is 37.9 Å². The maximum Gasteiger partial charge on any atom is 0.435 e. The fraction of sp³-hybridized carbons (Fsp3) is 0.625. The molecule has 0 bridgehead atoms. The Morgan fingerprint density at radius 1 is 1.57 bits per heavy atom. The van der Waals surface area contributed by atoms with Crippen molar-refractivity contribution in [3.05, 3.63) is 17.5 Å². The first-order chi connectivity index (χ1) is 6.45. The molecule has 1 atom stereocenters. The molecule has 0 saturated carbocycles. The van der Waals surface area contributed by atoms with Gasteiger partial charge in [-0.3, -0.25) is 5.10 Å². The summed E-state index contributed by atoms with van der Waals surface area (Å²) in [5.74, 6) is 0. The lowest BCUT2D eigenvalue weighted by atomic mass is 10.2. The monoisotopic (exact) mass is 208 g/mol. The van der Waals surface area contributed by atoms with Crippen LogP contribution in [0.2, 0.25) is 0 Å². The van der Waals surface area contributed by atoms with Gasteiger partial charge < -0.3 is 4.74 Å². The quantitative estimate of drug-likeness (QED) is 0.828. The smallest absolute Gasteiger partial charge is 0.373 e. The number of aromatic amines is 1. The van der Waals surface area contributed by atoms with Gasteiger partial charge in [-0.15, -0.1) is 0 Å². The molecule has 1 aromatic rings. The van der Waals surface area contributed by atoms with Gasteiger partial charge in [0.15, 0.2) is 5.69 Å². The molecule has 0 amide bonds. The molecule has 0 unspecified atom stereocenters. The zero-order valence-electron chi connectivity index (χ0n) is 7.85. The molecule has 0 aliphatic rings. The van der Waals surface area contributed by atoms with Gasteiger partial charge in [0.25, 0.3) is 0 Å². The van der Waals surface area contributed by atoms with E-state index in [2.05, 4.69) is 10.2 Å². The number of aromatic nitrogens is 2. The van der Waals surface area contributed by atoms with Crippen LogP contribution in [0.15, 0.2) is 6.07 Å². The summed E-state index contributed by atoms with van der Waals surface area (Å²) in [5, 5.41) is 5.46. The van der Waals surface area contributed by atoms with Crippen molar-refractivity contribution < 1.29 is 17.9 Å². The molecular formula is C8H11F3N2O. The molecule has 0 aliphatic carbocycles. The van der Waals surface area contributed by atoms with E-state index in [1.807, 2.05) is 0 Å². The molecule has 1 heterocycles. The zero-order valence-corrected chi connectivity index (χ0v) is 7.85. The largest absolute Gasteiger partial charge is 0.435 e. The molecule has 1 N–H and O–H groups in total. The van der Waals surface area contributed by atoms with Crippen LogP contribution in [0, 0.1) is 0 Å². The summed E-state index contributed by atoms with van der Waals surface area (Å²) in [6, 6.07) is 0.959. The van der Waals surface area contributed by atoms with E-state index in [9.17, 15) is 13.2 Å². The van der Waals surface area contributed by atoms with E-state index >= 15 is 0 Å². The third-order valence-corrected chi connectivity index (χ3v) is 1.74. The maximum atomic E-state index is 12.1. The van der Waals surface area contributed by atoms with Gasteiger partial charge in [-0.2, -0.15) is 18.3 Å². The number of H-pyrrole nitrogens is 1. The van der Waals surface area contributed by atoms with Crippen LogP contribution in [0.25, 0.3) is 0 Å². The number of hydrogen-bond donors (Lipinski definition) is 1. The van der Waals surface area contributed by atoms with Crippen molar-refractivity contribution >= 4 is 0 Å². The van der Waals surface area contributed by atoms with Crippen molar-refractivity contribution in [2.24, 2.45) is 0 Å². The number of ether oxygens (including phenoxy) is 1. The number of rotatable bonds is 3. The molecule has 6 heteroatoms. The molecule has 0 aromatic carbocycles. The number of nitrogens with zero attached hydrogens (tertiary/aromatic N) is 1. The first kappa shape index (κ1) is 11.0. The fourth-order valence-corrected chi connectivity index (χ4v) is 1.03. The van der Waals surface area contributed by atoms with E-state index in [1.165, 1.54) is 0 Å². The molecule has 0 saturated heterocycles. The summed E-state index contributed by atoms with van der Waals surface area (Å²) >= 11 is 0. The van der Waals surface area contributed by atoms with Crippen molar-refractivity contribution in [3.8, 4) is 0 Å². The SMILES string of the molecule is CCO[C@@H](C)c1cc(C(F)(F)F)n[nH]1. The van der Waals surface area contributed by atoms with Crippen LogP contribution in [-0.2, 0) is 10.9 Å². The van der Waals surface area contributed by atoms with Crippen molar-refractivity contribution in [3.63, 3.8) is 0 Å². The summed E-state index contributed by atoms with van der Waals surface area (Å²) < 4.78 is 41.5. The molecular weight excluding hydrogens is 197 g/mol. The number of nitrogens with one attached hydrogen (secondary N) is 1. The number of halogens is 3. The van der Waals surface area contributed by atoms with Gasteiger partial charge in [-0.1, -0.05) is 0 Å². The van der Waals surface area contributed by atoms with Crippen LogP contribution in [0.1, 0.15) is 31.3 Å². The molecule has 1 aromatic heterocycles. The molecule has 80 valence electrons. The predicted molar refractivity (Wildman–Crippen MR) is 43.6 cm³/mol. The first-order valence-electron chi connectivity index (χ1n) is 4.19. The van der Waals surface area contributed by atoms with E-state index in [0.29, 0.717) is 12.3 Å². The highest BCUT2D eigenvalue weighted by Crippen LogP contribution is 2.29. The first-order valence-corrected chi connectivity index (χ1v) is 4.19. The van der Waals surface area contributed by atoms with Gasteiger partial charge in [0, 0.05) is 6.61 Å². The molecule has 0 spiro atoms. The van der Waals surface area contributed by atoms with Crippen LogP contribution in [-0.4, -0.2) is 16.8 Å². The van der Waals surface area contributed by atoms with Gasteiger partial charge in [0.1, 0.15) is 0 Å². The van der Waals surface area contributed by atoms with Crippen molar-refractivity contribution in [1.29, 1.82) is 0 Å². The average molecular weight is 208 g/mol. The summed E-state index contributed by atoms with van der Waals surface area (Å²) in [6.45, 7) is 3.89. The highest BCUT2D eigenvalue weighted by Gasteiger charge is 2.34. The van der Waals surface area contributed by atoms with Crippen molar-refractivity contribution in [1.82, 2.24) is 10.2 Å². The second-order valence-corrected chi connectivity index (χ2v) is 2.80. The molecule has 3 nitrogen and oxygen atoms in total. The van der Waals surface area contributed by atoms with E-state index in [0.717, 1.165) is 6.07 Å². The van der Waals surface area contributed by atoms with Gasteiger partial charge in [-0.25, -0.2) is 0 Å². The molecule has 0 radical (unpaired) electrons. The van der Waals surface area contributed by atoms with E-state index in [-0.39, 0.29) is 0 Å². The van der Waals surface area contributed by atoms with Gasteiger partial charge in [-0.05, 0) is 19.9 Å². The van der Waals surface area contributed by atoms with Crippen LogP contribution < -0.4 is 0 Å². The number of hydrogen-bond acceptors (Lipinski definition) is 2. The summed E-state index contributed by atoms with van der Waals surface area (Å²) in [5.41, 5.74) is -0.585. The Kier molecular flexibility index (Phi) is 3.15. The summed E-state index contributed by atoms with van der Waals surface area (Å²) in [6.07, 6.45) is -4.80. The van der Waals surface area contributed by atoms with Crippen LogP contribution in [0.5, 0.6) is 0 Å². The number of alkyl halides is 3. The minimum Gasteiger partial charge on any atom is -0.373 e. The Bertz CT molecular complexity index is 295. The zero-order chi connectivity index (χ0) is 10.8. The third kappa shape index (κ3) is 2.47. The van der Waals surface area contributed by atoms with Crippen LogP contribution in [0.3, 0.4) is 0 Å². The Hall–Kier alpha value is -1.04. The maximum absolute atomic E-state index is 12.1. The van der Waals surface area contributed by atoms with Crippen LogP contribution >= 0.6 is 0 Å². The Balaban J connectivity index is 2.78. The Morgan fingerprint density at radius 2 is 2.21 bits per heavy atom. The highest BCUT2D eigenvalue weighted by atomic mass is 19.4. The Labute approximate surface area is 79.3 Å².